The Morgan fingerprint density at radius 3 is 1.88 bits per heavy atom. The summed E-state index contributed by atoms with van der Waals surface area (Å²) in [5, 5.41) is 0.296. The first-order valence-corrected chi connectivity index (χ1v) is 11.4. The molecule has 4 aromatic rings. The van der Waals surface area contributed by atoms with E-state index in [4.69, 9.17) is 14.2 Å². The van der Waals surface area contributed by atoms with Crippen molar-refractivity contribution < 1.29 is 27.4 Å². The number of hydrogen-bond acceptors (Lipinski definition) is 7. The van der Waals surface area contributed by atoms with E-state index < -0.39 is 15.6 Å². The smallest absolute Gasteiger partial charge is 0.208 e. The lowest BCUT2D eigenvalue weighted by molar-refractivity contribution is 0.103. The Morgan fingerprint density at radius 1 is 0.758 bits per heavy atom. The van der Waals surface area contributed by atoms with E-state index >= 15 is 0 Å². The van der Waals surface area contributed by atoms with Gasteiger partial charge in [0.1, 0.15) is 17.2 Å². The highest BCUT2D eigenvalue weighted by Crippen LogP contribution is 2.34. The summed E-state index contributed by atoms with van der Waals surface area (Å²) >= 11 is 0. The van der Waals surface area contributed by atoms with Crippen molar-refractivity contribution in [3.63, 3.8) is 0 Å². The Bertz CT molecular complexity index is 1430. The molecule has 33 heavy (non-hydrogen) atoms. The summed E-state index contributed by atoms with van der Waals surface area (Å²) in [4.78, 5) is 17.7. The number of pyridine rings is 1. The summed E-state index contributed by atoms with van der Waals surface area (Å²) in [6.07, 6.45) is 1.30. The second kappa shape index (κ2) is 8.91. The molecule has 0 aliphatic carbocycles. The first kappa shape index (κ1) is 22.3. The molecule has 1 heterocycles. The molecule has 8 heteroatoms. The van der Waals surface area contributed by atoms with Crippen LogP contribution in [0.15, 0.2) is 82.7 Å². The van der Waals surface area contributed by atoms with Crippen LogP contribution in [0.3, 0.4) is 0 Å². The third-order valence-electron chi connectivity index (χ3n) is 5.26. The highest BCUT2D eigenvalue weighted by molar-refractivity contribution is 7.91. The summed E-state index contributed by atoms with van der Waals surface area (Å²) in [6, 6.07) is 17.4. The van der Waals surface area contributed by atoms with Gasteiger partial charge in [-0.15, -0.1) is 0 Å². The number of rotatable bonds is 7. The fourth-order valence-corrected chi connectivity index (χ4v) is 5.11. The Labute approximate surface area is 191 Å². The third-order valence-corrected chi connectivity index (χ3v) is 7.13. The van der Waals surface area contributed by atoms with Gasteiger partial charge in [0, 0.05) is 17.1 Å². The van der Waals surface area contributed by atoms with E-state index in [1.54, 1.807) is 54.6 Å². The van der Waals surface area contributed by atoms with Crippen LogP contribution in [-0.2, 0) is 9.84 Å². The maximum Gasteiger partial charge on any atom is 0.208 e. The number of carbonyl (C=O) groups excluding carboxylic acids is 1. The summed E-state index contributed by atoms with van der Waals surface area (Å²) in [5.74, 6) is 1.08. The molecule has 0 radical (unpaired) electrons. The maximum atomic E-state index is 13.8. The molecule has 1 aromatic heterocycles. The predicted molar refractivity (Wildman–Crippen MR) is 123 cm³/mol. The van der Waals surface area contributed by atoms with Crippen molar-refractivity contribution in [3.05, 3.63) is 84.1 Å². The molecule has 0 saturated heterocycles. The van der Waals surface area contributed by atoms with Gasteiger partial charge in [-0.05, 0) is 66.7 Å². The van der Waals surface area contributed by atoms with Crippen molar-refractivity contribution in [1.82, 2.24) is 4.98 Å². The summed E-state index contributed by atoms with van der Waals surface area (Å²) in [6.45, 7) is 0. The number of aromatic nitrogens is 1. The van der Waals surface area contributed by atoms with Crippen LogP contribution in [0.1, 0.15) is 15.9 Å². The van der Waals surface area contributed by atoms with Crippen molar-refractivity contribution in [2.45, 2.75) is 9.79 Å². The molecule has 0 aliphatic heterocycles. The SMILES string of the molecule is COc1ccc(C(=O)c2cnc3ccc(OC)cc3c2S(=O)(=O)c2ccc(OC)cc2)cc1. The van der Waals surface area contributed by atoms with Crippen molar-refractivity contribution in [3.8, 4) is 17.2 Å². The average molecular weight is 464 g/mol. The predicted octanol–water partition coefficient (Wildman–Crippen LogP) is 4.32. The first-order valence-electron chi connectivity index (χ1n) is 9.93. The molecule has 0 spiro atoms. The van der Waals surface area contributed by atoms with Gasteiger partial charge < -0.3 is 14.2 Å². The summed E-state index contributed by atoms with van der Waals surface area (Å²) < 4.78 is 43.2. The zero-order chi connectivity index (χ0) is 23.6. The highest BCUT2D eigenvalue weighted by atomic mass is 32.2. The van der Waals surface area contributed by atoms with Crippen molar-refractivity contribution in [2.24, 2.45) is 0 Å². The fraction of sp³-hybridized carbons (Fsp3) is 0.120. The Kier molecular flexibility index (Phi) is 6.02. The van der Waals surface area contributed by atoms with Gasteiger partial charge in [-0.2, -0.15) is 0 Å². The molecule has 0 amide bonds. The quantitative estimate of drug-likeness (QED) is 0.377. The zero-order valence-electron chi connectivity index (χ0n) is 18.2. The Hall–Kier alpha value is -3.91. The fourth-order valence-electron chi connectivity index (χ4n) is 3.50. The van der Waals surface area contributed by atoms with Crippen LogP contribution >= 0.6 is 0 Å². The minimum Gasteiger partial charge on any atom is -0.497 e. The van der Waals surface area contributed by atoms with E-state index in [9.17, 15) is 13.2 Å². The lowest BCUT2D eigenvalue weighted by Gasteiger charge is -2.14. The van der Waals surface area contributed by atoms with Gasteiger partial charge in [0.2, 0.25) is 9.84 Å². The van der Waals surface area contributed by atoms with Crippen LogP contribution in [0, 0.1) is 0 Å². The molecule has 0 aliphatic rings. The van der Waals surface area contributed by atoms with Crippen molar-refractivity contribution in [1.29, 1.82) is 0 Å². The average Bonchev–Trinajstić information content (AvgIpc) is 2.87. The Balaban J connectivity index is 1.98. The van der Waals surface area contributed by atoms with Crippen molar-refractivity contribution >= 4 is 26.5 Å². The van der Waals surface area contributed by atoms with E-state index in [0.29, 0.717) is 33.7 Å². The summed E-state index contributed by atoms with van der Waals surface area (Å²) in [7, 11) is 0.399. The van der Waals surface area contributed by atoms with Gasteiger partial charge in [-0.3, -0.25) is 9.78 Å². The molecule has 7 nitrogen and oxygen atoms in total. The van der Waals surface area contributed by atoms with Crippen LogP contribution in [0.2, 0.25) is 0 Å². The van der Waals surface area contributed by atoms with Gasteiger partial charge in [0.15, 0.2) is 5.78 Å². The van der Waals surface area contributed by atoms with E-state index in [1.165, 1.54) is 39.7 Å². The second-order valence-electron chi connectivity index (χ2n) is 7.12. The number of ketones is 1. The zero-order valence-corrected chi connectivity index (χ0v) is 19.0. The number of methoxy groups -OCH3 is 3. The minimum absolute atomic E-state index is 0.0300. The largest absolute Gasteiger partial charge is 0.497 e. The molecule has 4 rings (SSSR count). The lowest BCUT2D eigenvalue weighted by atomic mass is 10.0. The van der Waals surface area contributed by atoms with Crippen LogP contribution in [0.4, 0.5) is 0 Å². The van der Waals surface area contributed by atoms with Gasteiger partial charge in [0.05, 0.1) is 42.2 Å². The Morgan fingerprint density at radius 2 is 1.30 bits per heavy atom. The van der Waals surface area contributed by atoms with Crippen LogP contribution in [0.5, 0.6) is 17.2 Å². The first-order chi connectivity index (χ1) is 15.9. The number of sulfone groups is 1. The molecule has 168 valence electrons. The number of hydrogen-bond donors (Lipinski definition) is 0. The number of fused-ring (bicyclic) bond motifs is 1. The third kappa shape index (κ3) is 4.12. The van der Waals surface area contributed by atoms with Crippen LogP contribution in [-0.4, -0.2) is 40.5 Å². The van der Waals surface area contributed by atoms with Crippen LogP contribution < -0.4 is 14.2 Å². The maximum absolute atomic E-state index is 13.8. The van der Waals surface area contributed by atoms with Crippen LogP contribution in [0.25, 0.3) is 10.9 Å². The molecule has 0 unspecified atom stereocenters. The molecular weight excluding hydrogens is 442 g/mol. The normalized spacial score (nSPS) is 11.2. The molecule has 0 fully saturated rings. The standard InChI is InChI=1S/C25H21NO6S/c1-30-17-6-4-16(5-7-17)24(27)22-15-26-23-13-10-19(32-3)14-21(23)25(22)33(28,29)20-11-8-18(31-2)9-12-20/h4-15H,1-3H3. The van der Waals surface area contributed by atoms with Gasteiger partial charge in [-0.1, -0.05) is 0 Å². The van der Waals surface area contributed by atoms with E-state index in [2.05, 4.69) is 4.98 Å². The topological polar surface area (TPSA) is 91.8 Å². The van der Waals surface area contributed by atoms with Crippen molar-refractivity contribution in [2.75, 3.05) is 21.3 Å². The monoisotopic (exact) mass is 463 g/mol. The number of benzene rings is 3. The molecule has 0 atom stereocenters. The lowest BCUT2D eigenvalue weighted by Crippen LogP contribution is -2.13. The highest BCUT2D eigenvalue weighted by Gasteiger charge is 2.29. The number of carbonyl (C=O) groups is 1. The second-order valence-corrected chi connectivity index (χ2v) is 9.01. The van der Waals surface area contributed by atoms with E-state index in [-0.39, 0.29) is 15.4 Å². The molecule has 0 bridgehead atoms. The molecular formula is C25H21NO6S. The summed E-state index contributed by atoms with van der Waals surface area (Å²) in [5.41, 5.74) is 0.705. The number of ether oxygens (including phenoxy) is 3. The van der Waals surface area contributed by atoms with E-state index in [0.717, 1.165) is 0 Å². The van der Waals surface area contributed by atoms with Gasteiger partial charge in [0.25, 0.3) is 0 Å². The molecule has 3 aromatic carbocycles. The van der Waals surface area contributed by atoms with E-state index in [1.807, 2.05) is 0 Å². The minimum atomic E-state index is -4.11. The van der Waals surface area contributed by atoms with Gasteiger partial charge in [-0.25, -0.2) is 8.42 Å². The molecule has 0 saturated carbocycles. The molecule has 0 N–H and O–H groups in total. The number of nitrogens with zero attached hydrogens (tertiary/aromatic N) is 1. The van der Waals surface area contributed by atoms with Gasteiger partial charge >= 0.3 is 0 Å².